The lowest BCUT2D eigenvalue weighted by Crippen LogP contribution is -2.15. The summed E-state index contributed by atoms with van der Waals surface area (Å²) >= 11 is 0. The van der Waals surface area contributed by atoms with Crippen LogP contribution in [0.5, 0.6) is 5.75 Å². The highest BCUT2D eigenvalue weighted by atomic mass is 19.4. The molecule has 0 aliphatic heterocycles. The summed E-state index contributed by atoms with van der Waals surface area (Å²) in [6.45, 7) is 3.61. The fourth-order valence-electron chi connectivity index (χ4n) is 2.56. The van der Waals surface area contributed by atoms with E-state index in [0.717, 1.165) is 5.56 Å². The van der Waals surface area contributed by atoms with Gasteiger partial charge in [-0.25, -0.2) is 9.97 Å². The van der Waals surface area contributed by atoms with Crippen LogP contribution in [0.25, 0.3) is 11.0 Å². The number of fused-ring (bicyclic) bond motifs is 1. The number of nitrogens with zero attached hydrogens (tertiary/aromatic N) is 2. The Balaban J connectivity index is 1.98. The lowest BCUT2D eigenvalue weighted by atomic mass is 10.1. The van der Waals surface area contributed by atoms with Gasteiger partial charge in [-0.05, 0) is 37.6 Å². The van der Waals surface area contributed by atoms with Gasteiger partial charge in [-0.15, -0.1) is 0 Å². The molecule has 0 aliphatic carbocycles. The summed E-state index contributed by atoms with van der Waals surface area (Å²) in [5.41, 5.74) is 1.77. The maximum absolute atomic E-state index is 13.1. The average molecular weight is 350 g/mol. The van der Waals surface area contributed by atoms with Gasteiger partial charge in [0.1, 0.15) is 17.2 Å². The summed E-state index contributed by atoms with van der Waals surface area (Å²) in [5, 5.41) is 3.57. The van der Waals surface area contributed by atoms with Crippen LogP contribution in [-0.4, -0.2) is 22.1 Å². The first-order chi connectivity index (χ1) is 11.8. The normalized spacial score (nSPS) is 13.0. The molecule has 0 saturated heterocycles. The molecular formula is C17H17F3N4O. The zero-order valence-electron chi connectivity index (χ0n) is 13.9. The van der Waals surface area contributed by atoms with Crippen molar-refractivity contribution in [1.82, 2.24) is 15.0 Å². The van der Waals surface area contributed by atoms with Crippen molar-refractivity contribution in [2.24, 2.45) is 0 Å². The highest BCUT2D eigenvalue weighted by Gasteiger charge is 2.36. The number of alkyl halides is 3. The quantitative estimate of drug-likeness (QED) is 0.729. The molecule has 0 spiro atoms. The largest absolute Gasteiger partial charge is 0.497 e. The number of halogens is 3. The van der Waals surface area contributed by atoms with Gasteiger partial charge in [0.15, 0.2) is 0 Å². The Morgan fingerprint density at radius 1 is 1.16 bits per heavy atom. The molecule has 0 aliphatic rings. The number of hydrogen-bond acceptors (Lipinski definition) is 4. The van der Waals surface area contributed by atoms with Crippen LogP contribution in [0.1, 0.15) is 30.0 Å². The van der Waals surface area contributed by atoms with Gasteiger partial charge in [0.2, 0.25) is 5.82 Å². The molecule has 1 atom stereocenters. The van der Waals surface area contributed by atoms with Gasteiger partial charge in [-0.1, -0.05) is 12.1 Å². The minimum absolute atomic E-state index is 0.144. The second-order valence-electron chi connectivity index (χ2n) is 5.75. The minimum atomic E-state index is -4.62. The van der Waals surface area contributed by atoms with E-state index in [2.05, 4.69) is 20.3 Å². The van der Waals surface area contributed by atoms with Crippen LogP contribution in [0.4, 0.5) is 19.0 Å². The number of ether oxygens (including phenoxy) is 1. The Morgan fingerprint density at radius 2 is 1.84 bits per heavy atom. The van der Waals surface area contributed by atoms with Crippen LogP contribution < -0.4 is 10.1 Å². The molecular weight excluding hydrogens is 333 g/mol. The molecule has 0 fully saturated rings. The minimum Gasteiger partial charge on any atom is -0.497 e. The summed E-state index contributed by atoms with van der Waals surface area (Å²) in [7, 11) is 1.57. The summed E-state index contributed by atoms with van der Waals surface area (Å²) < 4.78 is 44.3. The average Bonchev–Trinajstić information content (AvgIpc) is 2.94. The van der Waals surface area contributed by atoms with Gasteiger partial charge in [0.05, 0.1) is 12.5 Å². The number of methoxy groups -OCH3 is 1. The first-order valence-electron chi connectivity index (χ1n) is 7.63. The van der Waals surface area contributed by atoms with E-state index in [1.807, 2.05) is 19.1 Å². The van der Waals surface area contributed by atoms with Gasteiger partial charge in [0.25, 0.3) is 0 Å². The third-order valence-corrected chi connectivity index (χ3v) is 3.84. The van der Waals surface area contributed by atoms with Crippen molar-refractivity contribution >= 4 is 16.9 Å². The monoisotopic (exact) mass is 350 g/mol. The molecule has 2 heterocycles. The number of benzene rings is 1. The highest BCUT2D eigenvalue weighted by molar-refractivity contribution is 5.88. The van der Waals surface area contributed by atoms with Gasteiger partial charge in [0, 0.05) is 11.7 Å². The van der Waals surface area contributed by atoms with Crippen molar-refractivity contribution in [1.29, 1.82) is 0 Å². The number of anilines is 1. The SMILES string of the molecule is COc1ccc(C(C)Nc2nc(C(F)(F)F)nc3[nH]c(C)cc23)cc1. The van der Waals surface area contributed by atoms with E-state index in [9.17, 15) is 13.2 Å². The van der Waals surface area contributed by atoms with Gasteiger partial charge < -0.3 is 15.0 Å². The fourth-order valence-corrected chi connectivity index (χ4v) is 2.56. The summed E-state index contributed by atoms with van der Waals surface area (Å²) in [6.07, 6.45) is -4.62. The predicted molar refractivity (Wildman–Crippen MR) is 88.7 cm³/mol. The van der Waals surface area contributed by atoms with E-state index in [1.54, 1.807) is 32.2 Å². The Hall–Kier alpha value is -2.77. The molecule has 2 aromatic heterocycles. The van der Waals surface area contributed by atoms with Crippen molar-refractivity contribution in [3.05, 3.63) is 47.4 Å². The van der Waals surface area contributed by atoms with Crippen LogP contribution in [0.15, 0.2) is 30.3 Å². The molecule has 0 bridgehead atoms. The fraction of sp³-hybridized carbons (Fsp3) is 0.294. The number of nitrogens with one attached hydrogen (secondary N) is 2. The van der Waals surface area contributed by atoms with Crippen molar-refractivity contribution in [2.45, 2.75) is 26.1 Å². The van der Waals surface area contributed by atoms with E-state index in [4.69, 9.17) is 4.74 Å². The zero-order valence-corrected chi connectivity index (χ0v) is 13.9. The van der Waals surface area contributed by atoms with E-state index >= 15 is 0 Å². The predicted octanol–water partition coefficient (Wildman–Crippen LogP) is 4.47. The lowest BCUT2D eigenvalue weighted by molar-refractivity contribution is -0.144. The van der Waals surface area contributed by atoms with E-state index in [0.29, 0.717) is 16.8 Å². The van der Waals surface area contributed by atoms with Crippen molar-refractivity contribution in [2.75, 3.05) is 12.4 Å². The summed E-state index contributed by atoms with van der Waals surface area (Å²) in [4.78, 5) is 10.1. The number of H-pyrrole nitrogens is 1. The molecule has 8 heteroatoms. The first kappa shape index (κ1) is 17.1. The van der Waals surface area contributed by atoms with E-state index in [1.165, 1.54) is 0 Å². The Morgan fingerprint density at radius 3 is 2.44 bits per heavy atom. The van der Waals surface area contributed by atoms with Crippen LogP contribution in [0.2, 0.25) is 0 Å². The van der Waals surface area contributed by atoms with Gasteiger partial charge >= 0.3 is 6.18 Å². The zero-order chi connectivity index (χ0) is 18.2. The molecule has 3 aromatic rings. The Kier molecular flexibility index (Phi) is 4.28. The molecule has 25 heavy (non-hydrogen) atoms. The summed E-state index contributed by atoms with van der Waals surface area (Å²) in [6, 6.07) is 8.76. The van der Waals surface area contributed by atoms with Crippen molar-refractivity contribution in [3.63, 3.8) is 0 Å². The van der Waals surface area contributed by atoms with Crippen LogP contribution in [0.3, 0.4) is 0 Å². The topological polar surface area (TPSA) is 62.8 Å². The molecule has 2 N–H and O–H groups in total. The van der Waals surface area contributed by atoms with Crippen molar-refractivity contribution in [3.8, 4) is 5.75 Å². The van der Waals surface area contributed by atoms with E-state index < -0.39 is 12.0 Å². The molecule has 3 rings (SSSR count). The third-order valence-electron chi connectivity index (χ3n) is 3.84. The number of hydrogen-bond donors (Lipinski definition) is 2. The Bertz CT molecular complexity index is 887. The second kappa shape index (κ2) is 6.27. The van der Waals surface area contributed by atoms with Crippen LogP contribution in [-0.2, 0) is 6.18 Å². The maximum atomic E-state index is 13.1. The summed E-state index contributed by atoms with van der Waals surface area (Å²) in [5.74, 6) is -0.322. The third kappa shape index (κ3) is 3.52. The number of aromatic nitrogens is 3. The van der Waals surface area contributed by atoms with Crippen molar-refractivity contribution < 1.29 is 17.9 Å². The van der Waals surface area contributed by atoms with Gasteiger partial charge in [-0.3, -0.25) is 0 Å². The van der Waals surface area contributed by atoms with E-state index in [-0.39, 0.29) is 17.5 Å². The molecule has 132 valence electrons. The number of aromatic amines is 1. The Labute approximate surface area is 142 Å². The van der Waals surface area contributed by atoms with Gasteiger partial charge in [-0.2, -0.15) is 13.2 Å². The standard InChI is InChI=1S/C17H17F3N4O/c1-9-8-13-14(21-9)23-16(17(18,19)20)24-15(13)22-10(2)11-4-6-12(25-3)7-5-11/h4-8,10H,1-3H3,(H2,21,22,23,24). The number of aryl methyl sites for hydroxylation is 1. The molecule has 5 nitrogen and oxygen atoms in total. The lowest BCUT2D eigenvalue weighted by Gasteiger charge is -2.17. The highest BCUT2D eigenvalue weighted by Crippen LogP contribution is 2.32. The molecule has 0 radical (unpaired) electrons. The number of rotatable bonds is 4. The first-order valence-corrected chi connectivity index (χ1v) is 7.63. The molecule has 0 saturated carbocycles. The molecule has 0 amide bonds. The molecule has 1 aromatic carbocycles. The second-order valence-corrected chi connectivity index (χ2v) is 5.75. The molecule has 1 unspecified atom stereocenters. The van der Waals surface area contributed by atoms with Crippen LogP contribution in [0, 0.1) is 6.92 Å². The maximum Gasteiger partial charge on any atom is 0.451 e. The smallest absolute Gasteiger partial charge is 0.451 e. The van der Waals surface area contributed by atoms with Crippen LogP contribution >= 0.6 is 0 Å².